The number of aromatic nitrogens is 1. The Hall–Kier alpha value is -2.46. The van der Waals surface area contributed by atoms with Gasteiger partial charge in [0.1, 0.15) is 0 Å². The van der Waals surface area contributed by atoms with Crippen LogP contribution < -0.4 is 4.80 Å². The van der Waals surface area contributed by atoms with Crippen LogP contribution in [0.4, 0.5) is 0 Å². The van der Waals surface area contributed by atoms with Crippen molar-refractivity contribution in [3.63, 3.8) is 0 Å². The van der Waals surface area contributed by atoms with E-state index in [-0.39, 0.29) is 0 Å². The van der Waals surface area contributed by atoms with Crippen molar-refractivity contribution in [2.45, 2.75) is 20.8 Å². The molecule has 1 heterocycles. The molecule has 0 saturated carbocycles. The first kappa shape index (κ1) is 15.4. The highest BCUT2D eigenvalue weighted by atomic mass is 32.1. The van der Waals surface area contributed by atoms with Gasteiger partial charge in [-0.25, -0.2) is 0 Å². The molecule has 1 aromatic heterocycles. The van der Waals surface area contributed by atoms with E-state index in [1.165, 1.54) is 11.1 Å². The molecular weight excluding hydrogens is 302 g/mol. The van der Waals surface area contributed by atoms with Gasteiger partial charge in [-0.3, -0.25) is 4.57 Å². The number of benzene rings is 2. The van der Waals surface area contributed by atoms with E-state index in [0.717, 1.165) is 21.9 Å². The van der Waals surface area contributed by atoms with Crippen LogP contribution >= 0.6 is 11.3 Å². The summed E-state index contributed by atoms with van der Waals surface area (Å²) in [4.78, 5) is 0.869. The van der Waals surface area contributed by atoms with Crippen LogP contribution in [0.2, 0.25) is 0 Å². The number of aryl methyl sites for hydroxylation is 1. The van der Waals surface area contributed by atoms with E-state index in [9.17, 15) is 0 Å². The van der Waals surface area contributed by atoms with Crippen molar-refractivity contribution in [3.05, 3.63) is 70.3 Å². The van der Waals surface area contributed by atoms with Crippen LogP contribution in [-0.2, 0) is 0 Å². The molecule has 0 N–H and O–H groups in total. The zero-order chi connectivity index (χ0) is 16.2. The highest BCUT2D eigenvalue weighted by Crippen LogP contribution is 2.23. The molecule has 0 amide bonds. The maximum absolute atomic E-state index is 4.42. The Kier molecular flexibility index (Phi) is 4.53. The Labute approximate surface area is 140 Å². The predicted octanol–water partition coefficient (Wildman–Crippen LogP) is 4.81. The van der Waals surface area contributed by atoms with Crippen LogP contribution in [0.15, 0.2) is 70.2 Å². The van der Waals surface area contributed by atoms with Crippen molar-refractivity contribution in [1.82, 2.24) is 4.57 Å². The molecule has 0 aliphatic heterocycles. The Morgan fingerprint density at radius 2 is 1.65 bits per heavy atom. The van der Waals surface area contributed by atoms with Crippen molar-refractivity contribution in [2.75, 3.05) is 0 Å². The SMILES string of the molecule is CC(C)=NN=c1scc(-c2ccccc2)n1-c1ccc(C)cc1. The molecular formula is C19H19N3S. The first-order valence-corrected chi connectivity index (χ1v) is 8.41. The zero-order valence-electron chi connectivity index (χ0n) is 13.5. The Morgan fingerprint density at radius 1 is 0.957 bits per heavy atom. The number of nitrogens with zero attached hydrogens (tertiary/aromatic N) is 3. The quantitative estimate of drug-likeness (QED) is 0.489. The maximum atomic E-state index is 4.42. The van der Waals surface area contributed by atoms with Gasteiger partial charge in [0.25, 0.3) is 0 Å². The highest BCUT2D eigenvalue weighted by molar-refractivity contribution is 7.07. The summed E-state index contributed by atoms with van der Waals surface area (Å²) in [6.07, 6.45) is 0. The minimum absolute atomic E-state index is 0.869. The first-order chi connectivity index (χ1) is 11.1. The lowest BCUT2D eigenvalue weighted by Crippen LogP contribution is -2.13. The molecule has 0 radical (unpaired) electrons. The lowest BCUT2D eigenvalue weighted by atomic mass is 10.1. The zero-order valence-corrected chi connectivity index (χ0v) is 14.3. The summed E-state index contributed by atoms with van der Waals surface area (Å²) in [5.41, 5.74) is 5.57. The fourth-order valence-corrected chi connectivity index (χ4v) is 3.13. The van der Waals surface area contributed by atoms with E-state index >= 15 is 0 Å². The smallest absolute Gasteiger partial charge is 0.215 e. The van der Waals surface area contributed by atoms with Gasteiger partial charge in [0, 0.05) is 16.8 Å². The second-order valence-corrected chi connectivity index (χ2v) is 6.42. The van der Waals surface area contributed by atoms with Crippen LogP contribution in [0, 0.1) is 6.92 Å². The minimum Gasteiger partial charge on any atom is -0.284 e. The molecule has 0 aliphatic carbocycles. The molecule has 0 atom stereocenters. The molecule has 4 heteroatoms. The van der Waals surface area contributed by atoms with Crippen molar-refractivity contribution in [1.29, 1.82) is 0 Å². The summed E-state index contributed by atoms with van der Waals surface area (Å²) in [5.74, 6) is 0. The fraction of sp³-hybridized carbons (Fsp3) is 0.158. The molecule has 23 heavy (non-hydrogen) atoms. The van der Waals surface area contributed by atoms with Crippen molar-refractivity contribution < 1.29 is 0 Å². The molecule has 2 aromatic carbocycles. The molecule has 0 fully saturated rings. The van der Waals surface area contributed by atoms with Gasteiger partial charge in [0.05, 0.1) is 5.69 Å². The Bertz CT molecular complexity index is 880. The van der Waals surface area contributed by atoms with Crippen LogP contribution in [0.1, 0.15) is 19.4 Å². The summed E-state index contributed by atoms with van der Waals surface area (Å²) in [7, 11) is 0. The Morgan fingerprint density at radius 3 is 2.30 bits per heavy atom. The maximum Gasteiger partial charge on any atom is 0.215 e. The lowest BCUT2D eigenvalue weighted by molar-refractivity contribution is 0.968. The largest absolute Gasteiger partial charge is 0.284 e. The second kappa shape index (κ2) is 6.75. The Balaban J connectivity index is 2.24. The minimum atomic E-state index is 0.869. The molecule has 0 spiro atoms. The summed E-state index contributed by atoms with van der Waals surface area (Å²) < 4.78 is 2.16. The standard InChI is InChI=1S/C19H19N3S/c1-14(2)20-21-19-22(17-11-9-15(3)10-12-17)18(13-23-19)16-7-5-4-6-8-16/h4-13H,1-3H3. The van der Waals surface area contributed by atoms with E-state index in [1.807, 2.05) is 19.9 Å². The topological polar surface area (TPSA) is 29.6 Å². The third-order valence-electron chi connectivity index (χ3n) is 3.41. The van der Waals surface area contributed by atoms with Crippen molar-refractivity contribution >= 4 is 17.0 Å². The number of thiazole rings is 1. The van der Waals surface area contributed by atoms with Gasteiger partial charge < -0.3 is 0 Å². The van der Waals surface area contributed by atoms with Crippen LogP contribution in [0.5, 0.6) is 0 Å². The second-order valence-electron chi connectivity index (χ2n) is 5.59. The first-order valence-electron chi connectivity index (χ1n) is 7.53. The molecule has 0 unspecified atom stereocenters. The van der Waals surface area contributed by atoms with Crippen molar-refractivity contribution in [2.24, 2.45) is 10.2 Å². The monoisotopic (exact) mass is 321 g/mol. The van der Waals surface area contributed by atoms with Gasteiger partial charge in [-0.15, -0.1) is 16.4 Å². The van der Waals surface area contributed by atoms with Gasteiger partial charge in [-0.1, -0.05) is 48.0 Å². The molecule has 0 saturated heterocycles. The summed E-state index contributed by atoms with van der Waals surface area (Å²) in [6.45, 7) is 5.99. The molecule has 3 rings (SSSR count). The van der Waals surface area contributed by atoms with Gasteiger partial charge in [-0.2, -0.15) is 5.10 Å². The third kappa shape index (κ3) is 3.48. The molecule has 0 bridgehead atoms. The summed E-state index contributed by atoms with van der Waals surface area (Å²) in [5, 5.41) is 10.8. The average Bonchev–Trinajstić information content (AvgIpc) is 2.98. The van der Waals surface area contributed by atoms with Crippen LogP contribution in [-0.4, -0.2) is 10.3 Å². The van der Waals surface area contributed by atoms with Crippen molar-refractivity contribution in [3.8, 4) is 16.9 Å². The van der Waals surface area contributed by atoms with E-state index in [2.05, 4.69) is 75.6 Å². The van der Waals surface area contributed by atoms with Crippen LogP contribution in [0.25, 0.3) is 16.9 Å². The lowest BCUT2D eigenvalue weighted by Gasteiger charge is -2.09. The molecule has 0 aliphatic rings. The van der Waals surface area contributed by atoms with E-state index in [4.69, 9.17) is 0 Å². The number of hydrogen-bond acceptors (Lipinski definition) is 3. The van der Waals surface area contributed by atoms with E-state index in [1.54, 1.807) is 11.3 Å². The number of hydrogen-bond donors (Lipinski definition) is 0. The highest BCUT2D eigenvalue weighted by Gasteiger charge is 2.09. The summed E-state index contributed by atoms with van der Waals surface area (Å²) in [6, 6.07) is 18.8. The molecule has 116 valence electrons. The average molecular weight is 321 g/mol. The van der Waals surface area contributed by atoms with E-state index in [0.29, 0.717) is 0 Å². The van der Waals surface area contributed by atoms with Gasteiger partial charge >= 0.3 is 0 Å². The fourth-order valence-electron chi connectivity index (χ4n) is 2.28. The predicted molar refractivity (Wildman–Crippen MR) is 98.2 cm³/mol. The normalized spacial score (nSPS) is 11.5. The van der Waals surface area contributed by atoms with Gasteiger partial charge in [-0.05, 0) is 38.5 Å². The third-order valence-corrected chi connectivity index (χ3v) is 4.22. The number of rotatable bonds is 3. The molecule has 3 nitrogen and oxygen atoms in total. The van der Waals surface area contributed by atoms with Crippen LogP contribution in [0.3, 0.4) is 0 Å². The summed E-state index contributed by atoms with van der Waals surface area (Å²) >= 11 is 1.60. The molecule has 3 aromatic rings. The van der Waals surface area contributed by atoms with Gasteiger partial charge in [0.15, 0.2) is 0 Å². The van der Waals surface area contributed by atoms with Gasteiger partial charge in [0.2, 0.25) is 4.80 Å². The van der Waals surface area contributed by atoms with E-state index < -0.39 is 0 Å².